The molecule has 2 rings (SSSR count). The molecule has 1 saturated carbocycles. The normalized spacial score (nSPS) is 15.2. The third kappa shape index (κ3) is 3.21. The van der Waals surface area contributed by atoms with E-state index in [9.17, 15) is 10.1 Å². The number of benzene rings is 1. The lowest BCUT2D eigenvalue weighted by molar-refractivity contribution is -0.384. The van der Waals surface area contributed by atoms with Crippen molar-refractivity contribution in [3.63, 3.8) is 0 Å². The summed E-state index contributed by atoms with van der Waals surface area (Å²) in [6, 6.07) is 6.74. The molecule has 5 heteroatoms. The monoisotopic (exact) mass is 224 g/mol. The number of nitro benzene ring substituents is 1. The van der Waals surface area contributed by atoms with Gasteiger partial charge in [0.2, 0.25) is 0 Å². The van der Waals surface area contributed by atoms with Crippen LogP contribution < -0.4 is 4.72 Å². The molecule has 1 aliphatic rings. The topological polar surface area (TPSA) is 55.2 Å². The molecule has 80 valence electrons. The Kier molecular flexibility index (Phi) is 3.23. The van der Waals surface area contributed by atoms with Gasteiger partial charge in [0.25, 0.3) is 5.69 Å². The second-order valence-corrected chi connectivity index (χ2v) is 4.76. The van der Waals surface area contributed by atoms with E-state index in [1.807, 2.05) is 6.07 Å². The van der Waals surface area contributed by atoms with Crippen molar-refractivity contribution in [2.45, 2.75) is 24.6 Å². The summed E-state index contributed by atoms with van der Waals surface area (Å²) in [6.07, 6.45) is 2.57. The molecular weight excluding hydrogens is 212 g/mol. The molecule has 4 nitrogen and oxygen atoms in total. The van der Waals surface area contributed by atoms with Gasteiger partial charge in [-0.3, -0.25) is 14.8 Å². The summed E-state index contributed by atoms with van der Waals surface area (Å²) in [5.41, 5.74) is 1.11. The Labute approximate surface area is 92.3 Å². The Bertz CT molecular complexity index is 366. The van der Waals surface area contributed by atoms with Crippen molar-refractivity contribution >= 4 is 17.6 Å². The fourth-order valence-electron chi connectivity index (χ4n) is 1.21. The van der Waals surface area contributed by atoms with Crippen LogP contribution in [-0.2, 0) is 6.54 Å². The summed E-state index contributed by atoms with van der Waals surface area (Å²) in [7, 11) is 0. The zero-order chi connectivity index (χ0) is 10.7. The second-order valence-electron chi connectivity index (χ2n) is 3.57. The highest BCUT2D eigenvalue weighted by atomic mass is 32.2. The third-order valence-corrected chi connectivity index (χ3v) is 3.29. The van der Waals surface area contributed by atoms with Gasteiger partial charge in [0, 0.05) is 23.9 Å². The molecule has 0 bridgehead atoms. The average Bonchev–Trinajstić information content (AvgIpc) is 3.02. The molecule has 0 aromatic heterocycles. The lowest BCUT2D eigenvalue weighted by Gasteiger charge is -2.02. The van der Waals surface area contributed by atoms with Crippen LogP contribution >= 0.6 is 11.9 Å². The number of nitrogens with zero attached hydrogens (tertiary/aromatic N) is 1. The standard InChI is InChI=1S/C10H12N2O2S/c13-12(14)9-3-1-2-8(6-9)7-11-15-10-4-5-10/h1-3,6,10-11H,4-5,7H2. The SMILES string of the molecule is O=[N+]([O-])c1cccc(CNSC2CC2)c1. The summed E-state index contributed by atoms with van der Waals surface area (Å²) < 4.78 is 3.22. The van der Waals surface area contributed by atoms with Crippen LogP contribution in [0.25, 0.3) is 0 Å². The van der Waals surface area contributed by atoms with E-state index in [0.29, 0.717) is 6.54 Å². The maximum absolute atomic E-state index is 10.5. The molecule has 0 unspecified atom stereocenters. The van der Waals surface area contributed by atoms with Crippen LogP contribution in [0.3, 0.4) is 0 Å². The van der Waals surface area contributed by atoms with Gasteiger partial charge in [0.1, 0.15) is 0 Å². The molecule has 1 aliphatic carbocycles. The van der Waals surface area contributed by atoms with Crippen molar-refractivity contribution in [3.05, 3.63) is 39.9 Å². The first-order valence-corrected chi connectivity index (χ1v) is 5.75. The molecule has 0 saturated heterocycles. The Hall–Kier alpha value is -1.07. The number of nitro groups is 1. The van der Waals surface area contributed by atoms with Crippen molar-refractivity contribution in [2.75, 3.05) is 0 Å². The van der Waals surface area contributed by atoms with Crippen LogP contribution in [0, 0.1) is 10.1 Å². The van der Waals surface area contributed by atoms with E-state index >= 15 is 0 Å². The van der Waals surface area contributed by atoms with E-state index in [0.717, 1.165) is 10.8 Å². The fraction of sp³-hybridized carbons (Fsp3) is 0.400. The first kappa shape index (κ1) is 10.4. The number of hydrogen-bond donors (Lipinski definition) is 1. The van der Waals surface area contributed by atoms with Crippen LogP contribution in [0.5, 0.6) is 0 Å². The van der Waals surface area contributed by atoms with Crippen molar-refractivity contribution in [1.82, 2.24) is 4.72 Å². The Morgan fingerprint density at radius 1 is 1.53 bits per heavy atom. The molecule has 0 atom stereocenters. The quantitative estimate of drug-likeness (QED) is 0.474. The van der Waals surface area contributed by atoms with E-state index in [1.165, 1.54) is 18.9 Å². The number of non-ortho nitro benzene ring substituents is 1. The molecule has 0 amide bonds. The molecule has 1 fully saturated rings. The average molecular weight is 224 g/mol. The smallest absolute Gasteiger partial charge is 0.259 e. The van der Waals surface area contributed by atoms with Gasteiger partial charge in [-0.05, 0) is 18.4 Å². The fourth-order valence-corrected chi connectivity index (χ4v) is 2.07. The Balaban J connectivity index is 1.88. The molecule has 0 spiro atoms. The maximum atomic E-state index is 10.5. The predicted molar refractivity (Wildman–Crippen MR) is 60.5 cm³/mol. The van der Waals surface area contributed by atoms with Gasteiger partial charge < -0.3 is 0 Å². The summed E-state index contributed by atoms with van der Waals surface area (Å²) in [5.74, 6) is 0. The molecule has 1 aromatic rings. The third-order valence-electron chi connectivity index (χ3n) is 2.17. The highest BCUT2D eigenvalue weighted by Crippen LogP contribution is 2.32. The van der Waals surface area contributed by atoms with E-state index < -0.39 is 0 Å². The minimum atomic E-state index is -0.364. The minimum absolute atomic E-state index is 0.158. The van der Waals surface area contributed by atoms with Crippen LogP contribution in [0.2, 0.25) is 0 Å². The number of hydrogen-bond acceptors (Lipinski definition) is 4. The van der Waals surface area contributed by atoms with Gasteiger partial charge in [-0.1, -0.05) is 24.1 Å². The molecule has 15 heavy (non-hydrogen) atoms. The van der Waals surface area contributed by atoms with Gasteiger partial charge in [0.15, 0.2) is 0 Å². The Morgan fingerprint density at radius 2 is 2.33 bits per heavy atom. The van der Waals surface area contributed by atoms with Crippen LogP contribution in [0.4, 0.5) is 5.69 Å². The first-order valence-electron chi connectivity index (χ1n) is 4.87. The molecule has 0 aliphatic heterocycles. The van der Waals surface area contributed by atoms with Crippen molar-refractivity contribution in [1.29, 1.82) is 0 Å². The molecule has 1 aromatic carbocycles. The summed E-state index contributed by atoms with van der Waals surface area (Å²) in [5, 5.41) is 11.3. The summed E-state index contributed by atoms with van der Waals surface area (Å²) in [4.78, 5) is 10.2. The Morgan fingerprint density at radius 3 is 3.00 bits per heavy atom. The van der Waals surface area contributed by atoms with Gasteiger partial charge in [-0.15, -0.1) is 0 Å². The second kappa shape index (κ2) is 4.63. The van der Waals surface area contributed by atoms with Crippen molar-refractivity contribution in [3.8, 4) is 0 Å². The van der Waals surface area contributed by atoms with Gasteiger partial charge in [-0.2, -0.15) is 0 Å². The van der Waals surface area contributed by atoms with E-state index in [-0.39, 0.29) is 10.6 Å². The highest BCUT2D eigenvalue weighted by Gasteiger charge is 2.21. The van der Waals surface area contributed by atoms with E-state index in [4.69, 9.17) is 0 Å². The summed E-state index contributed by atoms with van der Waals surface area (Å²) >= 11 is 1.73. The number of rotatable bonds is 5. The minimum Gasteiger partial charge on any atom is -0.259 e. The van der Waals surface area contributed by atoms with Crippen LogP contribution in [-0.4, -0.2) is 10.2 Å². The summed E-state index contributed by atoms with van der Waals surface area (Å²) in [6.45, 7) is 0.683. The number of nitrogens with one attached hydrogen (secondary N) is 1. The lowest BCUT2D eigenvalue weighted by Crippen LogP contribution is -2.04. The van der Waals surface area contributed by atoms with E-state index in [2.05, 4.69) is 4.72 Å². The van der Waals surface area contributed by atoms with Crippen molar-refractivity contribution in [2.24, 2.45) is 0 Å². The molecule has 0 heterocycles. The lowest BCUT2D eigenvalue weighted by atomic mass is 10.2. The van der Waals surface area contributed by atoms with E-state index in [1.54, 1.807) is 24.1 Å². The zero-order valence-electron chi connectivity index (χ0n) is 8.18. The van der Waals surface area contributed by atoms with Crippen LogP contribution in [0.15, 0.2) is 24.3 Å². The first-order chi connectivity index (χ1) is 7.25. The molecule has 0 radical (unpaired) electrons. The van der Waals surface area contributed by atoms with Gasteiger partial charge in [0.05, 0.1) is 4.92 Å². The maximum Gasteiger partial charge on any atom is 0.269 e. The zero-order valence-corrected chi connectivity index (χ0v) is 9.00. The van der Waals surface area contributed by atoms with Crippen molar-refractivity contribution < 1.29 is 4.92 Å². The highest BCUT2D eigenvalue weighted by molar-refractivity contribution is 7.98. The van der Waals surface area contributed by atoms with Gasteiger partial charge in [-0.25, -0.2) is 0 Å². The largest absolute Gasteiger partial charge is 0.269 e. The predicted octanol–water partition coefficient (Wildman–Crippen LogP) is 2.50. The molecular formula is C10H12N2O2S. The van der Waals surface area contributed by atoms with Gasteiger partial charge >= 0.3 is 0 Å². The molecule has 1 N–H and O–H groups in total. The van der Waals surface area contributed by atoms with Crippen LogP contribution in [0.1, 0.15) is 18.4 Å².